The Morgan fingerprint density at radius 2 is 2.39 bits per heavy atom. The van der Waals surface area contributed by atoms with Gasteiger partial charge < -0.3 is 10.0 Å². The van der Waals surface area contributed by atoms with E-state index in [1.165, 1.54) is 9.40 Å². The Balaban J connectivity index is 1.77. The van der Waals surface area contributed by atoms with E-state index in [2.05, 4.69) is 11.4 Å². The lowest BCUT2D eigenvalue weighted by Gasteiger charge is -2.16. The number of amides is 1. The summed E-state index contributed by atoms with van der Waals surface area (Å²) in [7, 11) is 0. The number of fused-ring (bicyclic) bond motifs is 1. The van der Waals surface area contributed by atoms with E-state index in [9.17, 15) is 9.90 Å². The zero-order valence-electron chi connectivity index (χ0n) is 10.1. The first-order chi connectivity index (χ1) is 8.65. The maximum absolute atomic E-state index is 12.3. The van der Waals surface area contributed by atoms with Gasteiger partial charge in [-0.1, -0.05) is 0 Å². The van der Waals surface area contributed by atoms with Crippen LogP contribution in [0.1, 0.15) is 23.0 Å². The van der Waals surface area contributed by atoms with Gasteiger partial charge in [0.1, 0.15) is 0 Å². The first-order valence-corrected chi connectivity index (χ1v) is 7.79. The quantitative estimate of drug-likeness (QED) is 0.919. The molecule has 0 spiro atoms. The fraction of sp³-hybridized carbons (Fsp3) is 0.462. The van der Waals surface area contributed by atoms with Gasteiger partial charge in [0.2, 0.25) is 0 Å². The molecule has 5 heteroatoms. The molecule has 0 radical (unpaired) electrons. The van der Waals surface area contributed by atoms with Crippen LogP contribution in [0.15, 0.2) is 17.5 Å². The van der Waals surface area contributed by atoms with Crippen LogP contribution in [0.4, 0.5) is 0 Å². The second kappa shape index (κ2) is 4.64. The highest BCUT2D eigenvalue weighted by Gasteiger charge is 2.30. The topological polar surface area (TPSA) is 40.5 Å². The van der Waals surface area contributed by atoms with Crippen molar-refractivity contribution in [3.05, 3.63) is 22.4 Å². The summed E-state index contributed by atoms with van der Waals surface area (Å²) in [6.07, 6.45) is 0.581. The average molecular weight is 281 g/mol. The summed E-state index contributed by atoms with van der Waals surface area (Å²) in [5.74, 6) is 0.349. The largest absolute Gasteiger partial charge is 0.393 e. The van der Waals surface area contributed by atoms with Crippen LogP contribution in [0, 0.1) is 5.92 Å². The third-order valence-corrected chi connectivity index (χ3v) is 5.63. The maximum atomic E-state index is 12.3. The molecule has 18 heavy (non-hydrogen) atoms. The molecule has 3 heterocycles. The van der Waals surface area contributed by atoms with Gasteiger partial charge in [-0.05, 0) is 30.9 Å². The molecule has 1 aliphatic heterocycles. The summed E-state index contributed by atoms with van der Waals surface area (Å²) >= 11 is 3.24. The van der Waals surface area contributed by atoms with Gasteiger partial charge in [-0.15, -0.1) is 22.7 Å². The number of carbonyl (C=O) groups is 1. The minimum atomic E-state index is -0.324. The Morgan fingerprint density at radius 3 is 3.06 bits per heavy atom. The number of hydrogen-bond donors (Lipinski definition) is 1. The molecular weight excluding hydrogens is 266 g/mol. The third kappa shape index (κ3) is 2.06. The predicted molar refractivity (Wildman–Crippen MR) is 75.4 cm³/mol. The maximum Gasteiger partial charge on any atom is 0.264 e. The van der Waals surface area contributed by atoms with E-state index in [-0.39, 0.29) is 17.9 Å². The molecule has 2 aromatic heterocycles. The van der Waals surface area contributed by atoms with Gasteiger partial charge in [-0.25, -0.2) is 0 Å². The van der Waals surface area contributed by atoms with Crippen LogP contribution in [0.5, 0.6) is 0 Å². The fourth-order valence-electron chi connectivity index (χ4n) is 2.39. The van der Waals surface area contributed by atoms with E-state index in [0.717, 1.165) is 17.8 Å². The molecule has 1 fully saturated rings. The number of carbonyl (C=O) groups excluding carboxylic acids is 1. The van der Waals surface area contributed by atoms with E-state index >= 15 is 0 Å². The molecule has 0 bridgehead atoms. The summed E-state index contributed by atoms with van der Waals surface area (Å²) in [6.45, 7) is 3.25. The second-order valence-corrected chi connectivity index (χ2v) is 6.83. The average Bonchev–Trinajstić information content (AvgIpc) is 3.02. The summed E-state index contributed by atoms with van der Waals surface area (Å²) in [5.41, 5.74) is 0. The zero-order chi connectivity index (χ0) is 12.7. The van der Waals surface area contributed by atoms with E-state index in [4.69, 9.17) is 0 Å². The molecule has 2 unspecified atom stereocenters. The standard InChI is InChI=1S/C13H15NO2S2/c1-8(15)9-2-4-14(7-9)13(16)12-6-11-10(18-12)3-5-17-11/h3,5-6,8-9,15H,2,4,7H2,1H3. The first kappa shape index (κ1) is 12.1. The van der Waals surface area contributed by atoms with E-state index in [1.54, 1.807) is 29.6 Å². The highest BCUT2D eigenvalue weighted by molar-refractivity contribution is 7.27. The van der Waals surface area contributed by atoms with E-state index in [1.807, 2.05) is 11.0 Å². The van der Waals surface area contributed by atoms with Gasteiger partial charge in [0.15, 0.2) is 0 Å². The highest BCUT2D eigenvalue weighted by Crippen LogP contribution is 2.31. The van der Waals surface area contributed by atoms with Crippen molar-refractivity contribution in [3.63, 3.8) is 0 Å². The van der Waals surface area contributed by atoms with Crippen molar-refractivity contribution in [3.8, 4) is 0 Å². The van der Waals surface area contributed by atoms with Crippen molar-refractivity contribution in [2.45, 2.75) is 19.4 Å². The summed E-state index contributed by atoms with van der Waals surface area (Å²) in [4.78, 5) is 15.0. The van der Waals surface area contributed by atoms with Crippen molar-refractivity contribution in [1.82, 2.24) is 4.90 Å². The number of thiophene rings is 2. The molecule has 1 aliphatic rings. The normalized spacial score (nSPS) is 21.7. The number of nitrogens with zero attached hydrogens (tertiary/aromatic N) is 1. The lowest BCUT2D eigenvalue weighted by molar-refractivity contribution is 0.0767. The molecule has 1 N–H and O–H groups in total. The lowest BCUT2D eigenvalue weighted by Crippen LogP contribution is -2.29. The Kier molecular flexibility index (Phi) is 3.13. The van der Waals surface area contributed by atoms with Crippen LogP contribution < -0.4 is 0 Å². The monoisotopic (exact) mass is 281 g/mol. The van der Waals surface area contributed by atoms with Crippen LogP contribution >= 0.6 is 22.7 Å². The summed E-state index contributed by atoms with van der Waals surface area (Å²) in [5, 5.41) is 11.6. The Morgan fingerprint density at radius 1 is 1.56 bits per heavy atom. The molecule has 2 aromatic rings. The van der Waals surface area contributed by atoms with Crippen LogP contribution in [-0.2, 0) is 0 Å². The lowest BCUT2D eigenvalue weighted by atomic mass is 10.0. The van der Waals surface area contributed by atoms with Gasteiger partial charge in [0.05, 0.1) is 11.0 Å². The minimum absolute atomic E-state index is 0.117. The van der Waals surface area contributed by atoms with Gasteiger partial charge in [-0.3, -0.25) is 4.79 Å². The Bertz CT molecular complexity index is 544. The molecule has 1 amide bonds. The summed E-state index contributed by atoms with van der Waals surface area (Å²) in [6, 6.07) is 4.05. The molecule has 2 atom stereocenters. The van der Waals surface area contributed by atoms with Crippen LogP contribution in [0.3, 0.4) is 0 Å². The first-order valence-electron chi connectivity index (χ1n) is 6.09. The summed E-state index contributed by atoms with van der Waals surface area (Å²) < 4.78 is 2.38. The van der Waals surface area contributed by atoms with E-state index in [0.29, 0.717) is 6.54 Å². The molecule has 3 rings (SSSR count). The van der Waals surface area contributed by atoms with Crippen molar-refractivity contribution >= 4 is 38.0 Å². The van der Waals surface area contributed by atoms with E-state index < -0.39 is 0 Å². The molecule has 3 nitrogen and oxygen atoms in total. The smallest absolute Gasteiger partial charge is 0.264 e. The number of likely N-dealkylation sites (tertiary alicyclic amines) is 1. The molecular formula is C13H15NO2S2. The highest BCUT2D eigenvalue weighted by atomic mass is 32.1. The van der Waals surface area contributed by atoms with Crippen molar-refractivity contribution in [2.24, 2.45) is 5.92 Å². The predicted octanol–water partition coefficient (Wildman–Crippen LogP) is 2.81. The van der Waals surface area contributed by atoms with Gasteiger partial charge in [-0.2, -0.15) is 0 Å². The van der Waals surface area contributed by atoms with Gasteiger partial charge >= 0.3 is 0 Å². The van der Waals surface area contributed by atoms with Crippen molar-refractivity contribution < 1.29 is 9.90 Å². The molecule has 1 saturated heterocycles. The van der Waals surface area contributed by atoms with Crippen molar-refractivity contribution in [2.75, 3.05) is 13.1 Å². The number of rotatable bonds is 2. The van der Waals surface area contributed by atoms with Crippen LogP contribution in [0.2, 0.25) is 0 Å². The Hall–Kier alpha value is -0.910. The van der Waals surface area contributed by atoms with Crippen molar-refractivity contribution in [1.29, 1.82) is 0 Å². The molecule has 0 saturated carbocycles. The number of aliphatic hydroxyl groups excluding tert-OH is 1. The van der Waals surface area contributed by atoms with Crippen LogP contribution in [0.25, 0.3) is 9.40 Å². The SMILES string of the molecule is CC(O)C1CCN(C(=O)c2cc3sccc3s2)C1. The van der Waals surface area contributed by atoms with Gasteiger partial charge in [0.25, 0.3) is 5.91 Å². The minimum Gasteiger partial charge on any atom is -0.393 e. The molecule has 0 aromatic carbocycles. The Labute approximate surface area is 114 Å². The molecule has 96 valence electrons. The third-order valence-electron chi connectivity index (χ3n) is 3.54. The van der Waals surface area contributed by atoms with Crippen LogP contribution in [-0.4, -0.2) is 35.1 Å². The molecule has 0 aliphatic carbocycles. The second-order valence-electron chi connectivity index (χ2n) is 4.80. The number of hydrogen-bond acceptors (Lipinski definition) is 4. The fourth-order valence-corrected chi connectivity index (χ4v) is 4.47. The van der Waals surface area contributed by atoms with Gasteiger partial charge in [0, 0.05) is 28.4 Å². The number of aliphatic hydroxyl groups is 1. The zero-order valence-corrected chi connectivity index (χ0v) is 11.8.